The number of methoxy groups -OCH3 is 1. The van der Waals surface area contributed by atoms with Gasteiger partial charge in [-0.15, -0.1) is 0 Å². The van der Waals surface area contributed by atoms with Crippen LogP contribution in [-0.2, 0) is 6.61 Å². The molecule has 2 rings (SSSR count). The van der Waals surface area contributed by atoms with Crippen LogP contribution in [0.25, 0.3) is 0 Å². The Balaban J connectivity index is 2.13. The fourth-order valence-electron chi connectivity index (χ4n) is 2.72. The van der Waals surface area contributed by atoms with Gasteiger partial charge in [0.1, 0.15) is 18.1 Å². The van der Waals surface area contributed by atoms with E-state index in [4.69, 9.17) is 9.47 Å². The highest BCUT2D eigenvalue weighted by atomic mass is 16.5. The van der Waals surface area contributed by atoms with Crippen molar-refractivity contribution in [2.45, 2.75) is 46.3 Å². The highest BCUT2D eigenvalue weighted by molar-refractivity contribution is 5.94. The number of ether oxygens (including phenoxy) is 2. The van der Waals surface area contributed by atoms with Crippen LogP contribution < -0.4 is 14.8 Å². The number of amides is 1. The number of hydrogen-bond donors (Lipinski definition) is 1. The van der Waals surface area contributed by atoms with Gasteiger partial charge in [-0.1, -0.05) is 31.5 Å². The lowest BCUT2D eigenvalue weighted by molar-refractivity contribution is 0.0938. The number of nitrogens with one attached hydrogen (secondary N) is 1. The minimum Gasteiger partial charge on any atom is -0.496 e. The maximum Gasteiger partial charge on any atom is 0.251 e. The molecular formula is C21H27NO3. The first-order valence-corrected chi connectivity index (χ1v) is 8.71. The van der Waals surface area contributed by atoms with E-state index in [0.717, 1.165) is 29.7 Å². The molecule has 0 saturated heterocycles. The van der Waals surface area contributed by atoms with Gasteiger partial charge in [0.15, 0.2) is 0 Å². The number of aryl methyl sites for hydroxylation is 1. The Bertz CT molecular complexity index is 712. The average molecular weight is 341 g/mol. The van der Waals surface area contributed by atoms with Crippen molar-refractivity contribution in [3.05, 3.63) is 59.2 Å². The molecule has 1 N–H and O–H groups in total. The summed E-state index contributed by atoms with van der Waals surface area (Å²) in [5.74, 6) is 1.48. The topological polar surface area (TPSA) is 47.6 Å². The SMILES string of the molecule is CCC[C@@H](C)NC(=O)c1ccc(OC)c(COc2ccccc2C)c1. The van der Waals surface area contributed by atoms with E-state index < -0.39 is 0 Å². The third-order valence-corrected chi connectivity index (χ3v) is 4.12. The molecule has 2 aromatic carbocycles. The summed E-state index contributed by atoms with van der Waals surface area (Å²) in [7, 11) is 1.62. The molecular weight excluding hydrogens is 314 g/mol. The summed E-state index contributed by atoms with van der Waals surface area (Å²) >= 11 is 0. The second-order valence-electron chi connectivity index (χ2n) is 6.24. The zero-order valence-corrected chi connectivity index (χ0v) is 15.5. The Morgan fingerprint density at radius 1 is 1.16 bits per heavy atom. The van der Waals surface area contributed by atoms with E-state index in [1.165, 1.54) is 0 Å². The third-order valence-electron chi connectivity index (χ3n) is 4.12. The van der Waals surface area contributed by atoms with Crippen LogP contribution in [0.2, 0.25) is 0 Å². The Labute approximate surface area is 150 Å². The van der Waals surface area contributed by atoms with Crippen LogP contribution in [-0.4, -0.2) is 19.1 Å². The van der Waals surface area contributed by atoms with Gasteiger partial charge < -0.3 is 14.8 Å². The molecule has 0 aliphatic heterocycles. The van der Waals surface area contributed by atoms with Crippen molar-refractivity contribution >= 4 is 5.91 Å². The molecule has 0 radical (unpaired) electrons. The van der Waals surface area contributed by atoms with E-state index >= 15 is 0 Å². The summed E-state index contributed by atoms with van der Waals surface area (Å²) in [6.07, 6.45) is 2.00. The first-order valence-electron chi connectivity index (χ1n) is 8.71. The smallest absolute Gasteiger partial charge is 0.251 e. The molecule has 2 aromatic rings. The van der Waals surface area contributed by atoms with Crippen molar-refractivity contribution in [3.8, 4) is 11.5 Å². The van der Waals surface area contributed by atoms with Crippen LogP contribution in [0, 0.1) is 6.92 Å². The first kappa shape index (κ1) is 18.8. The quantitative estimate of drug-likeness (QED) is 0.769. The second kappa shape index (κ2) is 9.11. The number of carbonyl (C=O) groups excluding carboxylic acids is 1. The predicted molar refractivity (Wildman–Crippen MR) is 100 cm³/mol. The van der Waals surface area contributed by atoms with Crippen LogP contribution in [0.15, 0.2) is 42.5 Å². The van der Waals surface area contributed by atoms with Crippen molar-refractivity contribution in [1.82, 2.24) is 5.32 Å². The second-order valence-corrected chi connectivity index (χ2v) is 6.24. The van der Waals surface area contributed by atoms with Gasteiger partial charge in [-0.25, -0.2) is 0 Å². The minimum absolute atomic E-state index is 0.0688. The summed E-state index contributed by atoms with van der Waals surface area (Å²) in [4.78, 5) is 12.4. The lowest BCUT2D eigenvalue weighted by Gasteiger charge is -2.15. The first-order chi connectivity index (χ1) is 12.0. The van der Waals surface area contributed by atoms with Gasteiger partial charge in [-0.3, -0.25) is 4.79 Å². The van der Waals surface area contributed by atoms with Crippen LogP contribution in [0.4, 0.5) is 0 Å². The van der Waals surface area contributed by atoms with Crippen molar-refractivity contribution in [2.24, 2.45) is 0 Å². The Hall–Kier alpha value is -2.49. The van der Waals surface area contributed by atoms with E-state index in [1.54, 1.807) is 13.2 Å². The van der Waals surface area contributed by atoms with E-state index in [2.05, 4.69) is 12.2 Å². The maximum atomic E-state index is 12.4. The summed E-state index contributed by atoms with van der Waals surface area (Å²) < 4.78 is 11.3. The molecule has 0 saturated carbocycles. The molecule has 0 unspecified atom stereocenters. The van der Waals surface area contributed by atoms with Gasteiger partial charge in [0, 0.05) is 17.2 Å². The summed E-state index contributed by atoms with van der Waals surface area (Å²) in [5, 5.41) is 3.02. The van der Waals surface area contributed by atoms with Gasteiger partial charge >= 0.3 is 0 Å². The molecule has 1 amide bonds. The Morgan fingerprint density at radius 2 is 1.92 bits per heavy atom. The van der Waals surface area contributed by atoms with Crippen LogP contribution >= 0.6 is 0 Å². The molecule has 0 aliphatic carbocycles. The molecule has 1 atom stereocenters. The van der Waals surface area contributed by atoms with Crippen molar-refractivity contribution in [2.75, 3.05) is 7.11 Å². The lowest BCUT2D eigenvalue weighted by atomic mass is 10.1. The van der Waals surface area contributed by atoms with E-state index in [-0.39, 0.29) is 11.9 Å². The number of benzene rings is 2. The van der Waals surface area contributed by atoms with Crippen molar-refractivity contribution < 1.29 is 14.3 Å². The monoisotopic (exact) mass is 341 g/mol. The predicted octanol–water partition coefficient (Wildman–Crippen LogP) is 4.50. The maximum absolute atomic E-state index is 12.4. The molecule has 25 heavy (non-hydrogen) atoms. The lowest BCUT2D eigenvalue weighted by Crippen LogP contribution is -2.32. The van der Waals surface area contributed by atoms with E-state index in [9.17, 15) is 4.79 Å². The third kappa shape index (κ3) is 5.24. The number of para-hydroxylation sites is 1. The number of carbonyl (C=O) groups is 1. The summed E-state index contributed by atoms with van der Waals surface area (Å²) in [6.45, 7) is 6.48. The van der Waals surface area contributed by atoms with Crippen molar-refractivity contribution in [3.63, 3.8) is 0 Å². The summed E-state index contributed by atoms with van der Waals surface area (Å²) in [6, 6.07) is 13.5. The standard InChI is InChI=1S/C21H27NO3/c1-5-8-16(3)22-21(23)17-11-12-20(24-4)18(13-17)14-25-19-10-7-6-9-15(19)2/h6-7,9-13,16H,5,8,14H2,1-4H3,(H,22,23)/t16-/m1/s1. The Morgan fingerprint density at radius 3 is 2.60 bits per heavy atom. The van der Waals surface area contributed by atoms with E-state index in [1.807, 2.05) is 50.2 Å². The van der Waals surface area contributed by atoms with Gasteiger partial charge in [0.05, 0.1) is 7.11 Å². The molecule has 4 nitrogen and oxygen atoms in total. The minimum atomic E-state index is -0.0688. The molecule has 134 valence electrons. The molecule has 0 aliphatic rings. The zero-order valence-electron chi connectivity index (χ0n) is 15.5. The zero-order chi connectivity index (χ0) is 18.2. The normalized spacial score (nSPS) is 11.7. The number of rotatable bonds is 8. The molecule has 4 heteroatoms. The highest BCUT2D eigenvalue weighted by Crippen LogP contribution is 2.24. The highest BCUT2D eigenvalue weighted by Gasteiger charge is 2.13. The summed E-state index contributed by atoms with van der Waals surface area (Å²) in [5.41, 5.74) is 2.54. The fraction of sp³-hybridized carbons (Fsp3) is 0.381. The van der Waals surface area contributed by atoms with E-state index in [0.29, 0.717) is 17.9 Å². The van der Waals surface area contributed by atoms with Crippen LogP contribution in [0.1, 0.15) is 48.2 Å². The van der Waals surface area contributed by atoms with Crippen LogP contribution in [0.3, 0.4) is 0 Å². The van der Waals surface area contributed by atoms with Gasteiger partial charge in [0.25, 0.3) is 5.91 Å². The molecule has 0 spiro atoms. The van der Waals surface area contributed by atoms with Crippen molar-refractivity contribution in [1.29, 1.82) is 0 Å². The molecule has 0 aromatic heterocycles. The van der Waals surface area contributed by atoms with Gasteiger partial charge in [-0.05, 0) is 50.1 Å². The fourth-order valence-corrected chi connectivity index (χ4v) is 2.72. The average Bonchev–Trinajstić information content (AvgIpc) is 2.61. The van der Waals surface area contributed by atoms with Crippen LogP contribution in [0.5, 0.6) is 11.5 Å². The molecule has 0 fully saturated rings. The number of hydrogen-bond acceptors (Lipinski definition) is 3. The molecule has 0 bridgehead atoms. The van der Waals surface area contributed by atoms with Gasteiger partial charge in [0.2, 0.25) is 0 Å². The van der Waals surface area contributed by atoms with Gasteiger partial charge in [-0.2, -0.15) is 0 Å². The Kier molecular flexibility index (Phi) is 6.87. The largest absolute Gasteiger partial charge is 0.496 e. The molecule has 0 heterocycles.